The number of hydrogen-bond acceptors (Lipinski definition) is 7. The zero-order valence-corrected chi connectivity index (χ0v) is 21.1. The molecule has 1 fully saturated rings. The number of carboxylic acid groups (broad SMARTS) is 1. The van der Waals surface area contributed by atoms with E-state index in [0.29, 0.717) is 23.4 Å². The quantitative estimate of drug-likeness (QED) is 0.333. The first-order valence-electron chi connectivity index (χ1n) is 12.1. The van der Waals surface area contributed by atoms with E-state index in [9.17, 15) is 18.7 Å². The lowest BCUT2D eigenvalue weighted by Crippen LogP contribution is -2.52. The summed E-state index contributed by atoms with van der Waals surface area (Å²) in [6.45, 7) is 2.01. The second-order valence-corrected chi connectivity index (χ2v) is 10.1. The largest absolute Gasteiger partial charge is 0.480 e. The maximum Gasteiger partial charge on any atom is 0.326 e. The van der Waals surface area contributed by atoms with Crippen molar-refractivity contribution in [1.29, 1.82) is 0 Å². The van der Waals surface area contributed by atoms with Crippen LogP contribution in [0.4, 0.5) is 20.4 Å². The molecule has 0 saturated heterocycles. The first kappa shape index (κ1) is 25.7. The Kier molecular flexibility index (Phi) is 8.48. The zero-order chi connectivity index (χ0) is 24.8. The van der Waals surface area contributed by atoms with Crippen molar-refractivity contribution in [3.8, 4) is 0 Å². The first-order valence-corrected chi connectivity index (χ1v) is 12.9. The van der Waals surface area contributed by atoms with Crippen molar-refractivity contribution in [2.24, 2.45) is 0 Å². The molecule has 190 valence electrons. The van der Waals surface area contributed by atoms with Gasteiger partial charge in [0.15, 0.2) is 0 Å². The lowest BCUT2D eigenvalue weighted by Gasteiger charge is -2.43. The fourth-order valence-corrected chi connectivity index (χ4v) is 4.97. The smallest absolute Gasteiger partial charge is 0.326 e. The highest BCUT2D eigenvalue weighted by molar-refractivity contribution is 9.10. The van der Waals surface area contributed by atoms with Crippen LogP contribution in [0.2, 0.25) is 0 Å². The molecule has 1 saturated carbocycles. The van der Waals surface area contributed by atoms with Crippen LogP contribution in [0.1, 0.15) is 49.8 Å². The van der Waals surface area contributed by atoms with Crippen LogP contribution in [0.5, 0.6) is 0 Å². The lowest BCUT2D eigenvalue weighted by atomic mass is 9.86. The highest BCUT2D eigenvalue weighted by Gasteiger charge is 2.47. The van der Waals surface area contributed by atoms with Crippen molar-refractivity contribution >= 4 is 33.5 Å². The minimum Gasteiger partial charge on any atom is -0.480 e. The minimum atomic E-state index is -2.63. The Hall–Kier alpha value is -2.40. The summed E-state index contributed by atoms with van der Waals surface area (Å²) in [6.07, 6.45) is 7.51. The molecule has 4 rings (SSSR count). The van der Waals surface area contributed by atoms with Crippen molar-refractivity contribution in [2.75, 3.05) is 30.3 Å². The first-order chi connectivity index (χ1) is 16.8. The van der Waals surface area contributed by atoms with Crippen LogP contribution in [-0.4, -0.2) is 68.6 Å². The molecule has 1 aliphatic carbocycles. The van der Waals surface area contributed by atoms with Crippen LogP contribution in [-0.2, 0) is 17.6 Å². The Labute approximate surface area is 212 Å². The Morgan fingerprint density at radius 1 is 1.31 bits per heavy atom. The summed E-state index contributed by atoms with van der Waals surface area (Å²) in [5, 5.41) is 16.0. The molecule has 8 nitrogen and oxygen atoms in total. The average molecular weight is 553 g/mol. The number of aryl methyl sites for hydroxylation is 2. The normalized spacial score (nSPS) is 17.8. The van der Waals surface area contributed by atoms with Crippen molar-refractivity contribution in [3.63, 3.8) is 0 Å². The number of aromatic nitrogens is 3. The molecule has 35 heavy (non-hydrogen) atoms. The lowest BCUT2D eigenvalue weighted by molar-refractivity contribution is -0.139. The Balaban J connectivity index is 1.30. The molecule has 2 aromatic rings. The summed E-state index contributed by atoms with van der Waals surface area (Å²) >= 11 is 3.31. The molecule has 2 aromatic heterocycles. The van der Waals surface area contributed by atoms with E-state index in [1.165, 1.54) is 18.1 Å². The molecule has 0 radical (unpaired) electrons. The maximum absolute atomic E-state index is 13.6. The third kappa shape index (κ3) is 7.07. The minimum absolute atomic E-state index is 0.173. The van der Waals surface area contributed by atoms with Crippen LogP contribution in [0.25, 0.3) is 0 Å². The number of nitrogens with zero attached hydrogens (tertiary/aromatic N) is 4. The molecule has 3 N–H and O–H groups in total. The molecule has 0 aromatic carbocycles. The molecule has 0 unspecified atom stereocenters. The van der Waals surface area contributed by atoms with E-state index in [4.69, 9.17) is 4.98 Å². The number of fused-ring (bicyclic) bond motifs is 1. The number of carboxylic acids is 1. The summed E-state index contributed by atoms with van der Waals surface area (Å²) in [6, 6.07) is 3.10. The van der Waals surface area contributed by atoms with Crippen molar-refractivity contribution in [1.82, 2.24) is 19.9 Å². The molecule has 3 heterocycles. The summed E-state index contributed by atoms with van der Waals surface area (Å²) in [5.41, 5.74) is 2.29. The van der Waals surface area contributed by atoms with Gasteiger partial charge in [-0.1, -0.05) is 6.07 Å². The van der Waals surface area contributed by atoms with Gasteiger partial charge in [0.05, 0.1) is 4.47 Å². The van der Waals surface area contributed by atoms with Gasteiger partial charge < -0.3 is 15.7 Å². The standard InChI is InChI=1S/C24H31BrF2N6O2/c25-19-14-28-15-30-22(19)32-20(23(34)35)8-11-33(18-12-24(26,27)13-18)10-2-1-5-17-7-6-16-4-3-9-29-21(16)31-17/h6-7,14-15,18,20H,1-5,8-13H2,(H,29,31)(H,34,35)(H,28,30,32)/t20-/m0/s1. The van der Waals surface area contributed by atoms with Crippen LogP contribution in [0.15, 0.2) is 29.1 Å². The van der Waals surface area contributed by atoms with E-state index in [-0.39, 0.29) is 25.3 Å². The fraction of sp³-hybridized carbons (Fsp3) is 0.583. The van der Waals surface area contributed by atoms with Gasteiger partial charge in [-0.15, -0.1) is 0 Å². The molecule has 2 aliphatic rings. The number of hydrogen-bond donors (Lipinski definition) is 3. The molecule has 0 bridgehead atoms. The molecular weight excluding hydrogens is 522 g/mol. The zero-order valence-electron chi connectivity index (χ0n) is 19.5. The molecule has 0 spiro atoms. The van der Waals surface area contributed by atoms with Gasteiger partial charge in [-0.25, -0.2) is 28.5 Å². The Morgan fingerprint density at radius 3 is 2.89 bits per heavy atom. The number of alkyl halides is 2. The Bertz CT molecular complexity index is 1020. The van der Waals surface area contributed by atoms with E-state index in [0.717, 1.165) is 50.2 Å². The van der Waals surface area contributed by atoms with Crippen molar-refractivity contribution in [2.45, 2.75) is 69.4 Å². The molecular formula is C24H31BrF2N6O2. The molecule has 0 amide bonds. The Morgan fingerprint density at radius 2 is 2.14 bits per heavy atom. The van der Waals surface area contributed by atoms with Crippen molar-refractivity contribution < 1.29 is 18.7 Å². The summed E-state index contributed by atoms with van der Waals surface area (Å²) in [7, 11) is 0. The number of unbranched alkanes of at least 4 members (excludes halogenated alkanes) is 1. The summed E-state index contributed by atoms with van der Waals surface area (Å²) in [4.78, 5) is 26.5. The number of anilines is 2. The van der Waals surface area contributed by atoms with Gasteiger partial charge in [0.1, 0.15) is 24.0 Å². The van der Waals surface area contributed by atoms with E-state index in [1.54, 1.807) is 0 Å². The topological polar surface area (TPSA) is 103 Å². The highest BCUT2D eigenvalue weighted by atomic mass is 79.9. The van der Waals surface area contributed by atoms with E-state index < -0.39 is 17.9 Å². The highest BCUT2D eigenvalue weighted by Crippen LogP contribution is 2.40. The molecule has 1 atom stereocenters. The van der Waals surface area contributed by atoms with E-state index in [1.807, 2.05) is 4.90 Å². The third-order valence-electron chi connectivity index (χ3n) is 6.65. The number of pyridine rings is 1. The van der Waals surface area contributed by atoms with Gasteiger partial charge >= 0.3 is 5.97 Å². The van der Waals surface area contributed by atoms with Gasteiger partial charge in [-0.05, 0) is 72.6 Å². The van der Waals surface area contributed by atoms with Gasteiger partial charge in [0.2, 0.25) is 0 Å². The second-order valence-electron chi connectivity index (χ2n) is 9.29. The predicted molar refractivity (Wildman–Crippen MR) is 133 cm³/mol. The van der Waals surface area contributed by atoms with Crippen LogP contribution in [0.3, 0.4) is 0 Å². The van der Waals surface area contributed by atoms with Gasteiger partial charge in [0, 0.05) is 43.9 Å². The third-order valence-corrected chi connectivity index (χ3v) is 7.23. The van der Waals surface area contributed by atoms with Gasteiger partial charge in [0.25, 0.3) is 5.92 Å². The van der Waals surface area contributed by atoms with Crippen LogP contribution in [0, 0.1) is 0 Å². The number of aliphatic carboxylic acids is 1. The summed E-state index contributed by atoms with van der Waals surface area (Å²) < 4.78 is 27.7. The molecule has 11 heteroatoms. The SMILES string of the molecule is O=C(O)[C@H](CCN(CCCCc1ccc2c(n1)NCCC2)C1CC(F)(F)C1)Nc1ncncc1Br. The van der Waals surface area contributed by atoms with Gasteiger partial charge in [-0.2, -0.15) is 0 Å². The average Bonchev–Trinajstić information content (AvgIpc) is 2.82. The van der Waals surface area contributed by atoms with Crippen LogP contribution >= 0.6 is 15.9 Å². The number of carbonyl (C=O) groups is 1. The predicted octanol–water partition coefficient (Wildman–Crippen LogP) is 4.37. The summed E-state index contributed by atoms with van der Waals surface area (Å²) in [5.74, 6) is -2.27. The van der Waals surface area contributed by atoms with E-state index in [2.05, 4.69) is 48.7 Å². The van der Waals surface area contributed by atoms with Crippen LogP contribution < -0.4 is 10.6 Å². The maximum atomic E-state index is 13.6. The van der Waals surface area contributed by atoms with Gasteiger partial charge in [-0.3, -0.25) is 4.90 Å². The number of nitrogens with one attached hydrogen (secondary N) is 2. The monoisotopic (exact) mass is 552 g/mol. The number of halogens is 3. The molecule has 1 aliphatic heterocycles. The van der Waals surface area contributed by atoms with Crippen molar-refractivity contribution in [3.05, 3.63) is 40.4 Å². The second kappa shape index (κ2) is 11.6. The number of rotatable bonds is 12. The van der Waals surface area contributed by atoms with E-state index >= 15 is 0 Å². The fourth-order valence-electron chi connectivity index (χ4n) is 4.63.